The summed E-state index contributed by atoms with van der Waals surface area (Å²) in [7, 11) is 0. The van der Waals surface area contributed by atoms with Gasteiger partial charge in [0.2, 0.25) is 0 Å². The molecule has 0 atom stereocenters. The Morgan fingerprint density at radius 1 is 1.24 bits per heavy atom. The van der Waals surface area contributed by atoms with Gasteiger partial charge < -0.3 is 5.11 Å². The third kappa shape index (κ3) is 3.66. The van der Waals surface area contributed by atoms with Gasteiger partial charge in [0.25, 0.3) is 5.56 Å². The molecule has 0 aliphatic heterocycles. The maximum absolute atomic E-state index is 13.2. The third-order valence-electron chi connectivity index (χ3n) is 4.22. The average molecular weight is 375 g/mol. The molecule has 3 aromatic rings. The first-order valence-electron chi connectivity index (χ1n) is 8.37. The van der Waals surface area contributed by atoms with E-state index >= 15 is 0 Å². The van der Waals surface area contributed by atoms with Crippen LogP contribution in [0.4, 0.5) is 0 Å². The second kappa shape index (κ2) is 7.72. The van der Waals surface area contributed by atoms with Gasteiger partial charge in [-0.05, 0) is 31.4 Å². The van der Waals surface area contributed by atoms with Gasteiger partial charge in [0.05, 0.1) is 18.5 Å². The van der Waals surface area contributed by atoms with E-state index in [4.69, 9.17) is 4.98 Å². The van der Waals surface area contributed by atoms with Crippen molar-refractivity contribution in [3.8, 4) is 0 Å². The van der Waals surface area contributed by atoms with Crippen LogP contribution in [0.1, 0.15) is 28.5 Å². The van der Waals surface area contributed by atoms with Gasteiger partial charge in [-0.15, -0.1) is 11.3 Å². The number of rotatable bonds is 6. The molecule has 0 aliphatic rings. The molecule has 2 heterocycles. The molecule has 0 saturated carbocycles. The number of hydrogen-bond donors (Lipinski definition) is 1. The van der Waals surface area contributed by atoms with Crippen LogP contribution in [0.5, 0.6) is 0 Å². The number of hydrogen-bond acceptors (Lipinski definition) is 5. The zero-order valence-electron chi connectivity index (χ0n) is 14.7. The van der Waals surface area contributed by atoms with Crippen molar-refractivity contribution in [3.05, 3.63) is 56.2 Å². The van der Waals surface area contributed by atoms with Crippen molar-refractivity contribution in [2.45, 2.75) is 38.9 Å². The molecule has 2 aromatic heterocycles. The van der Waals surface area contributed by atoms with Gasteiger partial charge in [-0.3, -0.25) is 9.36 Å². The highest BCUT2D eigenvalue weighted by atomic mass is 32.2. The average Bonchev–Trinajstić information content (AvgIpc) is 2.93. The van der Waals surface area contributed by atoms with E-state index in [0.717, 1.165) is 27.8 Å². The SMILES string of the molecule is CCc1sc2nc(SCCO)n(Cc3ccc(C)cc3)c(=O)c2c1C. The number of aromatic nitrogens is 2. The summed E-state index contributed by atoms with van der Waals surface area (Å²) in [6, 6.07) is 8.20. The van der Waals surface area contributed by atoms with Crippen LogP contribution in [0.15, 0.2) is 34.2 Å². The van der Waals surface area contributed by atoms with Crippen molar-refractivity contribution in [2.24, 2.45) is 0 Å². The van der Waals surface area contributed by atoms with E-state index < -0.39 is 0 Å². The van der Waals surface area contributed by atoms with Crippen molar-refractivity contribution in [3.63, 3.8) is 0 Å². The fourth-order valence-electron chi connectivity index (χ4n) is 2.84. The molecule has 0 spiro atoms. The number of fused-ring (bicyclic) bond motifs is 1. The van der Waals surface area contributed by atoms with E-state index in [9.17, 15) is 9.90 Å². The van der Waals surface area contributed by atoms with E-state index in [1.807, 2.05) is 26.0 Å². The molecular formula is C19H22N2O2S2. The lowest BCUT2D eigenvalue weighted by Gasteiger charge is -2.12. The fraction of sp³-hybridized carbons (Fsp3) is 0.368. The molecule has 0 radical (unpaired) electrons. The lowest BCUT2D eigenvalue weighted by atomic mass is 10.1. The summed E-state index contributed by atoms with van der Waals surface area (Å²) >= 11 is 3.03. The molecule has 3 rings (SSSR count). The predicted molar refractivity (Wildman–Crippen MR) is 106 cm³/mol. The van der Waals surface area contributed by atoms with Crippen molar-refractivity contribution in [2.75, 3.05) is 12.4 Å². The number of thiophene rings is 1. The van der Waals surface area contributed by atoms with E-state index in [-0.39, 0.29) is 12.2 Å². The second-order valence-electron chi connectivity index (χ2n) is 6.03. The van der Waals surface area contributed by atoms with Crippen LogP contribution in [-0.2, 0) is 13.0 Å². The van der Waals surface area contributed by atoms with Crippen LogP contribution in [-0.4, -0.2) is 27.0 Å². The number of aryl methyl sites for hydroxylation is 3. The largest absolute Gasteiger partial charge is 0.396 e. The Balaban J connectivity index is 2.15. The number of thioether (sulfide) groups is 1. The Bertz CT molecular complexity index is 943. The molecule has 0 saturated heterocycles. The lowest BCUT2D eigenvalue weighted by Crippen LogP contribution is -2.24. The molecule has 1 aromatic carbocycles. The molecule has 0 unspecified atom stereocenters. The first-order valence-corrected chi connectivity index (χ1v) is 10.2. The molecule has 4 nitrogen and oxygen atoms in total. The molecule has 0 aliphatic carbocycles. The van der Waals surface area contributed by atoms with Crippen molar-refractivity contribution < 1.29 is 5.11 Å². The number of aliphatic hydroxyl groups excluding tert-OH is 1. The zero-order chi connectivity index (χ0) is 18.0. The summed E-state index contributed by atoms with van der Waals surface area (Å²) in [6.45, 7) is 6.72. The first-order chi connectivity index (χ1) is 12.0. The molecule has 0 fully saturated rings. The third-order valence-corrected chi connectivity index (χ3v) is 6.51. The van der Waals surface area contributed by atoms with Gasteiger partial charge in [-0.1, -0.05) is 48.5 Å². The minimum Gasteiger partial charge on any atom is -0.396 e. The van der Waals surface area contributed by atoms with Crippen LogP contribution in [0.3, 0.4) is 0 Å². The summed E-state index contributed by atoms with van der Waals surface area (Å²) in [5.41, 5.74) is 3.33. The highest BCUT2D eigenvalue weighted by molar-refractivity contribution is 7.99. The van der Waals surface area contributed by atoms with Crippen molar-refractivity contribution in [1.29, 1.82) is 0 Å². The second-order valence-corrected chi connectivity index (χ2v) is 8.17. The summed E-state index contributed by atoms with van der Waals surface area (Å²) in [5.74, 6) is 0.525. The Hall–Kier alpha value is -1.63. The van der Waals surface area contributed by atoms with Gasteiger partial charge in [-0.2, -0.15) is 0 Å². The highest BCUT2D eigenvalue weighted by Gasteiger charge is 2.17. The van der Waals surface area contributed by atoms with Crippen molar-refractivity contribution in [1.82, 2.24) is 9.55 Å². The normalized spacial score (nSPS) is 11.4. The molecule has 0 amide bonds. The number of benzene rings is 1. The van der Waals surface area contributed by atoms with Gasteiger partial charge >= 0.3 is 0 Å². The van der Waals surface area contributed by atoms with Crippen molar-refractivity contribution >= 4 is 33.3 Å². The Labute approximate surface area is 155 Å². The Kier molecular flexibility index (Phi) is 5.61. The first kappa shape index (κ1) is 18.2. The van der Waals surface area contributed by atoms with Gasteiger partial charge in [0.15, 0.2) is 5.16 Å². The quantitative estimate of drug-likeness (QED) is 0.527. The molecule has 1 N–H and O–H groups in total. The zero-order valence-corrected chi connectivity index (χ0v) is 16.3. The van der Waals surface area contributed by atoms with E-state index in [1.165, 1.54) is 22.2 Å². The summed E-state index contributed by atoms with van der Waals surface area (Å²) in [5, 5.41) is 10.6. The van der Waals surface area contributed by atoms with E-state index in [0.29, 0.717) is 17.5 Å². The number of nitrogens with zero attached hydrogens (tertiary/aromatic N) is 2. The maximum Gasteiger partial charge on any atom is 0.263 e. The van der Waals surface area contributed by atoms with Gasteiger partial charge in [0, 0.05) is 10.6 Å². The number of aliphatic hydroxyl groups is 1. The molecule has 0 bridgehead atoms. The van der Waals surface area contributed by atoms with Crippen LogP contribution in [0.25, 0.3) is 10.2 Å². The van der Waals surface area contributed by atoms with Gasteiger partial charge in [0.1, 0.15) is 4.83 Å². The summed E-state index contributed by atoms with van der Waals surface area (Å²) in [6.07, 6.45) is 0.906. The summed E-state index contributed by atoms with van der Waals surface area (Å²) < 4.78 is 1.74. The Morgan fingerprint density at radius 3 is 2.60 bits per heavy atom. The summed E-state index contributed by atoms with van der Waals surface area (Å²) in [4.78, 5) is 20.0. The standard InChI is InChI=1S/C19H22N2O2S2/c1-4-15-13(3)16-17(25-15)20-19(24-10-9-22)21(18(16)23)11-14-7-5-12(2)6-8-14/h5-8,22H,4,9-11H2,1-3H3. The highest BCUT2D eigenvalue weighted by Crippen LogP contribution is 2.29. The molecule has 25 heavy (non-hydrogen) atoms. The predicted octanol–water partition coefficient (Wildman–Crippen LogP) is 3.77. The van der Waals surface area contributed by atoms with E-state index in [2.05, 4.69) is 19.1 Å². The Morgan fingerprint density at radius 2 is 1.96 bits per heavy atom. The van der Waals surface area contributed by atoms with Crippen LogP contribution in [0, 0.1) is 13.8 Å². The minimum atomic E-state index is 0.0134. The minimum absolute atomic E-state index is 0.0134. The fourth-order valence-corrected chi connectivity index (χ4v) is 4.74. The molecular weight excluding hydrogens is 352 g/mol. The smallest absolute Gasteiger partial charge is 0.263 e. The molecule has 6 heteroatoms. The van der Waals surface area contributed by atoms with E-state index in [1.54, 1.807) is 15.9 Å². The van der Waals surface area contributed by atoms with Crippen LogP contribution in [0.2, 0.25) is 0 Å². The lowest BCUT2D eigenvalue weighted by molar-refractivity contribution is 0.322. The van der Waals surface area contributed by atoms with Crippen LogP contribution >= 0.6 is 23.1 Å². The maximum atomic E-state index is 13.2. The monoisotopic (exact) mass is 374 g/mol. The molecule has 132 valence electrons. The topological polar surface area (TPSA) is 55.1 Å². The van der Waals surface area contributed by atoms with Crippen LogP contribution < -0.4 is 5.56 Å². The van der Waals surface area contributed by atoms with Gasteiger partial charge in [-0.25, -0.2) is 4.98 Å².